The summed E-state index contributed by atoms with van der Waals surface area (Å²) in [7, 11) is -3.62. The third-order valence-electron chi connectivity index (χ3n) is 2.68. The summed E-state index contributed by atoms with van der Waals surface area (Å²) < 4.78 is 37.2. The molecule has 3 rings (SSSR count). The number of nitrogens with one attached hydrogen (secondary N) is 1. The van der Waals surface area contributed by atoms with Crippen molar-refractivity contribution in [3.8, 4) is 11.5 Å². The van der Waals surface area contributed by atoms with Crippen molar-refractivity contribution in [2.45, 2.75) is 4.90 Å². The number of rotatable bonds is 3. The SMILES string of the molecule is O=S(=O)(Nc1ccccc1)c1ccc2c(c1)OCO2. The van der Waals surface area contributed by atoms with Crippen LogP contribution in [0, 0.1) is 0 Å². The predicted molar refractivity (Wildman–Crippen MR) is 69.8 cm³/mol. The summed E-state index contributed by atoms with van der Waals surface area (Å²) in [4.78, 5) is 0.139. The lowest BCUT2D eigenvalue weighted by Gasteiger charge is -2.08. The summed E-state index contributed by atoms with van der Waals surface area (Å²) >= 11 is 0. The molecule has 0 amide bonds. The molecular weight excluding hydrogens is 266 g/mol. The van der Waals surface area contributed by atoms with Crippen molar-refractivity contribution in [1.82, 2.24) is 0 Å². The summed E-state index contributed by atoms with van der Waals surface area (Å²) in [6.45, 7) is 0.116. The van der Waals surface area contributed by atoms with Gasteiger partial charge in [-0.15, -0.1) is 0 Å². The first-order valence-corrected chi connectivity index (χ1v) is 7.11. The highest BCUT2D eigenvalue weighted by atomic mass is 32.2. The monoisotopic (exact) mass is 277 g/mol. The molecule has 1 aliphatic heterocycles. The number of anilines is 1. The van der Waals surface area contributed by atoms with E-state index in [9.17, 15) is 8.42 Å². The van der Waals surface area contributed by atoms with E-state index in [2.05, 4.69) is 4.72 Å². The Bertz CT molecular complexity index is 698. The van der Waals surface area contributed by atoms with Crippen LogP contribution < -0.4 is 14.2 Å². The molecular formula is C13H11NO4S. The van der Waals surface area contributed by atoms with E-state index >= 15 is 0 Å². The van der Waals surface area contributed by atoms with Crippen LogP contribution >= 0.6 is 0 Å². The van der Waals surface area contributed by atoms with Gasteiger partial charge in [0, 0.05) is 11.8 Å². The van der Waals surface area contributed by atoms with Crippen LogP contribution in [0.15, 0.2) is 53.4 Å². The lowest BCUT2D eigenvalue weighted by atomic mass is 10.3. The maximum Gasteiger partial charge on any atom is 0.262 e. The molecule has 0 saturated heterocycles. The van der Waals surface area contributed by atoms with E-state index in [1.165, 1.54) is 12.1 Å². The van der Waals surface area contributed by atoms with Crippen molar-refractivity contribution in [3.63, 3.8) is 0 Å². The fourth-order valence-corrected chi connectivity index (χ4v) is 2.84. The Morgan fingerprint density at radius 1 is 0.947 bits per heavy atom. The van der Waals surface area contributed by atoms with Crippen molar-refractivity contribution < 1.29 is 17.9 Å². The van der Waals surface area contributed by atoms with E-state index in [0.29, 0.717) is 17.2 Å². The molecule has 0 fully saturated rings. The molecule has 1 aliphatic rings. The minimum atomic E-state index is -3.62. The largest absolute Gasteiger partial charge is 0.454 e. The summed E-state index contributed by atoms with van der Waals surface area (Å²) in [5.74, 6) is 0.995. The van der Waals surface area contributed by atoms with Crippen molar-refractivity contribution >= 4 is 15.7 Å². The molecule has 0 aliphatic carbocycles. The topological polar surface area (TPSA) is 64.6 Å². The van der Waals surface area contributed by atoms with Gasteiger partial charge in [-0.05, 0) is 24.3 Å². The molecule has 0 spiro atoms. The third-order valence-corrected chi connectivity index (χ3v) is 4.06. The number of fused-ring (bicyclic) bond motifs is 1. The van der Waals surface area contributed by atoms with Crippen molar-refractivity contribution in [1.29, 1.82) is 0 Å². The van der Waals surface area contributed by atoms with Crippen LogP contribution in [0.3, 0.4) is 0 Å². The number of benzene rings is 2. The highest BCUT2D eigenvalue weighted by molar-refractivity contribution is 7.92. The fourth-order valence-electron chi connectivity index (χ4n) is 1.76. The Kier molecular flexibility index (Phi) is 2.79. The number of hydrogen-bond acceptors (Lipinski definition) is 4. The Hall–Kier alpha value is -2.21. The molecule has 0 radical (unpaired) electrons. The van der Waals surface area contributed by atoms with Crippen LogP contribution in [0.4, 0.5) is 5.69 Å². The molecule has 2 aromatic rings. The Morgan fingerprint density at radius 2 is 1.68 bits per heavy atom. The van der Waals surface area contributed by atoms with Gasteiger partial charge in [0.25, 0.3) is 10.0 Å². The van der Waals surface area contributed by atoms with Gasteiger partial charge in [-0.3, -0.25) is 4.72 Å². The van der Waals surface area contributed by atoms with Gasteiger partial charge in [-0.1, -0.05) is 18.2 Å². The molecule has 5 nitrogen and oxygen atoms in total. The molecule has 6 heteroatoms. The first-order chi connectivity index (χ1) is 9.15. The van der Waals surface area contributed by atoms with E-state index in [1.807, 2.05) is 6.07 Å². The predicted octanol–water partition coefficient (Wildman–Crippen LogP) is 2.22. The average molecular weight is 277 g/mol. The lowest BCUT2D eigenvalue weighted by molar-refractivity contribution is 0.174. The molecule has 1 heterocycles. The minimum Gasteiger partial charge on any atom is -0.454 e. The van der Waals surface area contributed by atoms with Crippen LogP contribution in [-0.4, -0.2) is 15.2 Å². The Labute approximate surface area is 110 Å². The van der Waals surface area contributed by atoms with Gasteiger partial charge in [0.1, 0.15) is 0 Å². The number of hydrogen-bond donors (Lipinski definition) is 1. The maximum atomic E-state index is 12.2. The van der Waals surface area contributed by atoms with E-state index in [0.717, 1.165) is 0 Å². The van der Waals surface area contributed by atoms with E-state index in [1.54, 1.807) is 30.3 Å². The standard InChI is InChI=1S/C13H11NO4S/c15-19(16,14-10-4-2-1-3-5-10)11-6-7-12-13(8-11)18-9-17-12/h1-8,14H,9H2. The molecule has 0 saturated carbocycles. The molecule has 1 N–H and O–H groups in total. The normalized spacial score (nSPS) is 13.3. The van der Waals surface area contributed by atoms with Gasteiger partial charge in [0.15, 0.2) is 11.5 Å². The van der Waals surface area contributed by atoms with E-state index in [-0.39, 0.29) is 11.7 Å². The molecule has 0 unspecified atom stereocenters. The third kappa shape index (κ3) is 2.34. The number of para-hydroxylation sites is 1. The fraction of sp³-hybridized carbons (Fsp3) is 0.0769. The van der Waals surface area contributed by atoms with Crippen molar-refractivity contribution in [2.75, 3.05) is 11.5 Å². The zero-order chi connectivity index (χ0) is 13.3. The van der Waals surface area contributed by atoms with Crippen LogP contribution in [-0.2, 0) is 10.0 Å². The van der Waals surface area contributed by atoms with Gasteiger partial charge < -0.3 is 9.47 Å². The van der Waals surface area contributed by atoms with Gasteiger partial charge in [0.05, 0.1) is 4.90 Å². The summed E-state index contributed by atoms with van der Waals surface area (Å²) in [5, 5.41) is 0. The van der Waals surface area contributed by atoms with Crippen molar-refractivity contribution in [3.05, 3.63) is 48.5 Å². The van der Waals surface area contributed by atoms with Crippen LogP contribution in [0.25, 0.3) is 0 Å². The summed E-state index contributed by atoms with van der Waals surface area (Å²) in [6, 6.07) is 13.2. The molecule has 0 atom stereocenters. The summed E-state index contributed by atoms with van der Waals surface area (Å²) in [5.41, 5.74) is 0.514. The van der Waals surface area contributed by atoms with Gasteiger partial charge in [0.2, 0.25) is 6.79 Å². The van der Waals surface area contributed by atoms with Gasteiger partial charge in [-0.25, -0.2) is 8.42 Å². The quantitative estimate of drug-likeness (QED) is 0.934. The first kappa shape index (κ1) is 11.9. The lowest BCUT2D eigenvalue weighted by Crippen LogP contribution is -2.12. The molecule has 98 valence electrons. The molecule has 0 bridgehead atoms. The average Bonchev–Trinajstić information content (AvgIpc) is 2.86. The van der Waals surface area contributed by atoms with Crippen LogP contribution in [0.1, 0.15) is 0 Å². The molecule has 19 heavy (non-hydrogen) atoms. The summed E-state index contributed by atoms with van der Waals surface area (Å²) in [6.07, 6.45) is 0. The minimum absolute atomic E-state index is 0.116. The number of ether oxygens (including phenoxy) is 2. The smallest absolute Gasteiger partial charge is 0.262 e. The second-order valence-corrected chi connectivity index (χ2v) is 5.67. The van der Waals surface area contributed by atoms with Gasteiger partial charge >= 0.3 is 0 Å². The highest BCUT2D eigenvalue weighted by Gasteiger charge is 2.20. The first-order valence-electron chi connectivity index (χ1n) is 5.63. The van der Waals surface area contributed by atoms with Crippen molar-refractivity contribution in [2.24, 2.45) is 0 Å². The Balaban J connectivity index is 1.92. The maximum absolute atomic E-state index is 12.2. The van der Waals surface area contributed by atoms with E-state index in [4.69, 9.17) is 9.47 Å². The molecule has 0 aromatic heterocycles. The second-order valence-electron chi connectivity index (χ2n) is 3.99. The zero-order valence-electron chi connectivity index (χ0n) is 9.87. The highest BCUT2D eigenvalue weighted by Crippen LogP contribution is 2.34. The zero-order valence-corrected chi connectivity index (χ0v) is 10.7. The van der Waals surface area contributed by atoms with E-state index < -0.39 is 10.0 Å². The molecule has 2 aromatic carbocycles. The van der Waals surface area contributed by atoms with Gasteiger partial charge in [-0.2, -0.15) is 0 Å². The van der Waals surface area contributed by atoms with Crippen LogP contribution in [0.2, 0.25) is 0 Å². The van der Waals surface area contributed by atoms with Crippen LogP contribution in [0.5, 0.6) is 11.5 Å². The second kappa shape index (κ2) is 4.47. The number of sulfonamides is 1. The Morgan fingerprint density at radius 3 is 2.47 bits per heavy atom.